The second-order valence-corrected chi connectivity index (χ2v) is 4.05. The lowest BCUT2D eigenvalue weighted by Gasteiger charge is -2.05. The van der Waals surface area contributed by atoms with E-state index in [1.807, 2.05) is 43.3 Å². The molecule has 1 aromatic heterocycles. The van der Waals surface area contributed by atoms with Gasteiger partial charge in [0, 0.05) is 6.54 Å². The van der Waals surface area contributed by atoms with Crippen molar-refractivity contribution in [2.24, 2.45) is 0 Å². The quantitative estimate of drug-likeness (QED) is 0.925. The fraction of sp³-hybridized carbons (Fsp3) is 0.214. The van der Waals surface area contributed by atoms with Gasteiger partial charge in [0.05, 0.1) is 6.20 Å². The fourth-order valence-electron chi connectivity index (χ4n) is 1.63. The molecule has 1 heterocycles. The highest BCUT2D eigenvalue weighted by Gasteiger charge is 2.11. The molecule has 0 saturated heterocycles. The van der Waals surface area contributed by atoms with E-state index in [2.05, 4.69) is 10.4 Å². The summed E-state index contributed by atoms with van der Waals surface area (Å²) in [5.74, 6) is 0. The number of nitrogens with one attached hydrogen (secondary N) is 1. The molecule has 2 aromatic rings. The summed E-state index contributed by atoms with van der Waals surface area (Å²) in [6.45, 7) is 2.69. The number of nitrogens with zero attached hydrogens (tertiary/aromatic N) is 3. The van der Waals surface area contributed by atoms with Crippen molar-refractivity contribution in [3.05, 3.63) is 47.8 Å². The fourth-order valence-corrected chi connectivity index (χ4v) is 1.63. The van der Waals surface area contributed by atoms with E-state index in [4.69, 9.17) is 10.00 Å². The van der Waals surface area contributed by atoms with Crippen molar-refractivity contribution in [2.75, 3.05) is 5.32 Å². The zero-order valence-electron chi connectivity index (χ0n) is 11.0. The van der Waals surface area contributed by atoms with E-state index in [1.54, 1.807) is 10.9 Å². The molecule has 0 spiro atoms. The first-order valence-electron chi connectivity index (χ1n) is 6.18. The summed E-state index contributed by atoms with van der Waals surface area (Å²) < 4.78 is 6.65. The first kappa shape index (κ1) is 13.6. The van der Waals surface area contributed by atoms with Gasteiger partial charge in [-0.3, -0.25) is 10.00 Å². The van der Waals surface area contributed by atoms with Gasteiger partial charge in [-0.05, 0) is 12.5 Å². The van der Waals surface area contributed by atoms with Crippen LogP contribution in [0.1, 0.15) is 18.2 Å². The number of hydrogen-bond acceptors (Lipinski definition) is 4. The number of anilines is 1. The third-order valence-corrected chi connectivity index (χ3v) is 2.64. The van der Waals surface area contributed by atoms with Crippen LogP contribution in [0.5, 0.6) is 0 Å². The SMILES string of the molecule is CCn1cc(NC(=O)OCc2ccccc2)c(C#N)n1. The minimum Gasteiger partial charge on any atom is -0.444 e. The maximum atomic E-state index is 11.7. The standard InChI is InChI=1S/C14H14N4O2/c1-2-18-9-13(12(8-15)17-18)16-14(19)20-10-11-6-4-3-5-7-11/h3-7,9H,2,10H2,1H3,(H,16,19). The summed E-state index contributed by atoms with van der Waals surface area (Å²) in [5.41, 5.74) is 1.42. The van der Waals surface area contributed by atoms with E-state index in [0.29, 0.717) is 12.2 Å². The Morgan fingerprint density at radius 3 is 2.85 bits per heavy atom. The maximum absolute atomic E-state index is 11.7. The molecule has 1 amide bonds. The predicted octanol–water partition coefficient (Wildman–Crippen LogP) is 2.52. The van der Waals surface area contributed by atoms with Crippen LogP contribution in [-0.4, -0.2) is 15.9 Å². The molecule has 0 radical (unpaired) electrons. The number of carbonyl (C=O) groups is 1. The van der Waals surface area contributed by atoms with E-state index in [-0.39, 0.29) is 12.3 Å². The van der Waals surface area contributed by atoms with Gasteiger partial charge in [-0.1, -0.05) is 30.3 Å². The second-order valence-electron chi connectivity index (χ2n) is 4.05. The van der Waals surface area contributed by atoms with Gasteiger partial charge in [0.15, 0.2) is 5.69 Å². The summed E-state index contributed by atoms with van der Waals surface area (Å²) >= 11 is 0. The van der Waals surface area contributed by atoms with Gasteiger partial charge < -0.3 is 4.74 Å². The molecule has 1 N–H and O–H groups in total. The normalized spacial score (nSPS) is 9.80. The summed E-state index contributed by atoms with van der Waals surface area (Å²) in [5, 5.41) is 15.5. The molecule has 0 aliphatic rings. The Labute approximate surface area is 116 Å². The van der Waals surface area contributed by atoms with Crippen molar-refractivity contribution in [3.8, 4) is 6.07 Å². The van der Waals surface area contributed by atoms with Gasteiger partial charge in [-0.15, -0.1) is 0 Å². The molecule has 0 atom stereocenters. The Bertz CT molecular complexity index is 628. The van der Waals surface area contributed by atoms with Gasteiger partial charge in [-0.2, -0.15) is 10.4 Å². The van der Waals surface area contributed by atoms with Gasteiger partial charge >= 0.3 is 6.09 Å². The molecule has 0 aliphatic carbocycles. The number of nitriles is 1. The third kappa shape index (κ3) is 3.36. The van der Waals surface area contributed by atoms with Crippen LogP contribution in [0.25, 0.3) is 0 Å². The van der Waals surface area contributed by atoms with Crippen molar-refractivity contribution < 1.29 is 9.53 Å². The highest BCUT2D eigenvalue weighted by molar-refractivity contribution is 5.85. The molecule has 102 valence electrons. The van der Waals surface area contributed by atoms with Gasteiger partial charge in [0.1, 0.15) is 18.4 Å². The van der Waals surface area contributed by atoms with Crippen molar-refractivity contribution in [1.82, 2.24) is 9.78 Å². The van der Waals surface area contributed by atoms with Crippen LogP contribution in [0.2, 0.25) is 0 Å². The average molecular weight is 270 g/mol. The number of ether oxygens (including phenoxy) is 1. The number of hydrogen-bond donors (Lipinski definition) is 1. The Morgan fingerprint density at radius 2 is 2.20 bits per heavy atom. The number of rotatable bonds is 4. The van der Waals surface area contributed by atoms with Crippen LogP contribution >= 0.6 is 0 Å². The van der Waals surface area contributed by atoms with E-state index in [1.165, 1.54) is 0 Å². The molecule has 0 fully saturated rings. The van der Waals surface area contributed by atoms with Crippen LogP contribution in [-0.2, 0) is 17.9 Å². The number of amides is 1. The number of aromatic nitrogens is 2. The monoisotopic (exact) mass is 270 g/mol. The number of benzene rings is 1. The van der Waals surface area contributed by atoms with Gasteiger partial charge in [0.2, 0.25) is 0 Å². The molecular weight excluding hydrogens is 256 g/mol. The van der Waals surface area contributed by atoms with Crippen molar-refractivity contribution in [1.29, 1.82) is 5.26 Å². The molecule has 1 aromatic carbocycles. The van der Waals surface area contributed by atoms with Crippen molar-refractivity contribution in [3.63, 3.8) is 0 Å². The molecule has 0 aliphatic heterocycles. The predicted molar refractivity (Wildman–Crippen MR) is 72.9 cm³/mol. The molecule has 20 heavy (non-hydrogen) atoms. The molecule has 2 rings (SSSR count). The Morgan fingerprint density at radius 1 is 1.45 bits per heavy atom. The van der Waals surface area contributed by atoms with E-state index >= 15 is 0 Å². The maximum Gasteiger partial charge on any atom is 0.412 e. The average Bonchev–Trinajstić information content (AvgIpc) is 2.88. The Kier molecular flexibility index (Phi) is 4.35. The number of aryl methyl sites for hydroxylation is 1. The zero-order chi connectivity index (χ0) is 14.4. The highest BCUT2D eigenvalue weighted by Crippen LogP contribution is 2.13. The minimum atomic E-state index is -0.610. The van der Waals surface area contributed by atoms with E-state index in [9.17, 15) is 4.79 Å². The van der Waals surface area contributed by atoms with Gasteiger partial charge in [-0.25, -0.2) is 4.79 Å². The minimum absolute atomic E-state index is 0.170. The largest absolute Gasteiger partial charge is 0.444 e. The molecule has 6 nitrogen and oxygen atoms in total. The van der Waals surface area contributed by atoms with Crippen LogP contribution in [0.4, 0.5) is 10.5 Å². The summed E-state index contributed by atoms with van der Waals surface area (Å²) in [4.78, 5) is 11.7. The first-order chi connectivity index (χ1) is 9.72. The Hall–Kier alpha value is -2.81. The van der Waals surface area contributed by atoms with Crippen LogP contribution < -0.4 is 5.32 Å². The molecule has 0 unspecified atom stereocenters. The Balaban J connectivity index is 1.95. The van der Waals surface area contributed by atoms with E-state index in [0.717, 1.165) is 5.56 Å². The highest BCUT2D eigenvalue weighted by atomic mass is 16.5. The lowest BCUT2D eigenvalue weighted by Crippen LogP contribution is -2.13. The first-order valence-corrected chi connectivity index (χ1v) is 6.18. The van der Waals surface area contributed by atoms with E-state index < -0.39 is 6.09 Å². The summed E-state index contributed by atoms with van der Waals surface area (Å²) in [6, 6.07) is 11.3. The van der Waals surface area contributed by atoms with Crippen LogP contribution in [0.3, 0.4) is 0 Å². The second kappa shape index (κ2) is 6.38. The molecule has 0 saturated carbocycles. The summed E-state index contributed by atoms with van der Waals surface area (Å²) in [6.07, 6.45) is 0.989. The molecule has 0 bridgehead atoms. The summed E-state index contributed by atoms with van der Waals surface area (Å²) in [7, 11) is 0. The smallest absolute Gasteiger partial charge is 0.412 e. The molecular formula is C14H14N4O2. The van der Waals surface area contributed by atoms with Crippen molar-refractivity contribution in [2.45, 2.75) is 20.1 Å². The van der Waals surface area contributed by atoms with Gasteiger partial charge in [0.25, 0.3) is 0 Å². The molecule has 6 heteroatoms. The topological polar surface area (TPSA) is 79.9 Å². The van der Waals surface area contributed by atoms with Crippen LogP contribution in [0, 0.1) is 11.3 Å². The third-order valence-electron chi connectivity index (χ3n) is 2.64. The lowest BCUT2D eigenvalue weighted by molar-refractivity contribution is 0.155. The van der Waals surface area contributed by atoms with Crippen LogP contribution in [0.15, 0.2) is 36.5 Å². The van der Waals surface area contributed by atoms with Crippen molar-refractivity contribution >= 4 is 11.8 Å². The zero-order valence-corrected chi connectivity index (χ0v) is 11.0. The number of carbonyl (C=O) groups excluding carboxylic acids is 1. The lowest BCUT2D eigenvalue weighted by atomic mass is 10.2.